The van der Waals surface area contributed by atoms with Crippen molar-refractivity contribution in [2.45, 2.75) is 6.61 Å². The molecular weight excluding hydrogens is 354 g/mol. The average Bonchev–Trinajstić information content (AvgIpc) is 2.57. The number of pyridine rings is 1. The van der Waals surface area contributed by atoms with Gasteiger partial charge in [0.25, 0.3) is 11.5 Å². The first-order valence-electron chi connectivity index (χ1n) is 7.12. The maximum atomic E-state index is 12.3. The molecule has 8 heteroatoms. The fourth-order valence-corrected chi connectivity index (χ4v) is 2.53. The fourth-order valence-electron chi connectivity index (χ4n) is 2.30. The van der Waals surface area contributed by atoms with Gasteiger partial charge in [0.05, 0.1) is 5.02 Å². The molecule has 0 unspecified atom stereocenters. The Balaban J connectivity index is 1.85. The van der Waals surface area contributed by atoms with E-state index in [1.54, 1.807) is 30.3 Å². The quantitative estimate of drug-likeness (QED) is 0.734. The van der Waals surface area contributed by atoms with Crippen LogP contribution in [0.25, 0.3) is 10.8 Å². The number of nitrogens with one attached hydrogen (secondary N) is 2. The van der Waals surface area contributed by atoms with Crippen LogP contribution in [-0.2, 0) is 0 Å². The smallest absolute Gasteiger partial charge is 0.387 e. The van der Waals surface area contributed by atoms with Gasteiger partial charge in [0.2, 0.25) is 0 Å². The molecule has 1 aromatic heterocycles. The summed E-state index contributed by atoms with van der Waals surface area (Å²) in [7, 11) is 0. The normalized spacial score (nSPS) is 10.9. The van der Waals surface area contributed by atoms with Crippen LogP contribution in [0.15, 0.2) is 53.3 Å². The first kappa shape index (κ1) is 16.9. The third-order valence-corrected chi connectivity index (χ3v) is 3.70. The van der Waals surface area contributed by atoms with Gasteiger partial charge >= 0.3 is 6.61 Å². The van der Waals surface area contributed by atoms with Gasteiger partial charge in [0.1, 0.15) is 11.4 Å². The maximum absolute atomic E-state index is 12.3. The van der Waals surface area contributed by atoms with Gasteiger partial charge < -0.3 is 15.0 Å². The van der Waals surface area contributed by atoms with Gasteiger partial charge in [-0.2, -0.15) is 8.78 Å². The Labute approximate surface area is 145 Å². The van der Waals surface area contributed by atoms with E-state index in [4.69, 9.17) is 11.6 Å². The van der Waals surface area contributed by atoms with Crippen LogP contribution < -0.4 is 15.6 Å². The van der Waals surface area contributed by atoms with Crippen LogP contribution in [0.4, 0.5) is 14.5 Å². The molecule has 0 bridgehead atoms. The highest BCUT2D eigenvalue weighted by Gasteiger charge is 2.13. The molecule has 0 aliphatic carbocycles. The number of carbonyl (C=O) groups excluding carboxylic acids is 1. The molecule has 0 aliphatic rings. The lowest BCUT2D eigenvalue weighted by Gasteiger charge is -2.10. The lowest BCUT2D eigenvalue weighted by atomic mass is 10.1. The molecule has 0 spiro atoms. The van der Waals surface area contributed by atoms with Gasteiger partial charge in [-0.1, -0.05) is 29.8 Å². The lowest BCUT2D eigenvalue weighted by Crippen LogP contribution is -2.18. The highest BCUT2D eigenvalue weighted by molar-refractivity contribution is 6.32. The summed E-state index contributed by atoms with van der Waals surface area (Å²) in [4.78, 5) is 26.8. The van der Waals surface area contributed by atoms with Crippen molar-refractivity contribution in [1.82, 2.24) is 4.98 Å². The Morgan fingerprint density at radius 1 is 1.16 bits per heavy atom. The molecule has 128 valence electrons. The molecule has 1 heterocycles. The summed E-state index contributed by atoms with van der Waals surface area (Å²) in [6.07, 6.45) is 0. The summed E-state index contributed by atoms with van der Waals surface area (Å²) in [5.41, 5.74) is -0.0553. The number of aromatic amines is 1. The van der Waals surface area contributed by atoms with Crippen LogP contribution in [0.2, 0.25) is 5.02 Å². The lowest BCUT2D eigenvalue weighted by molar-refractivity contribution is -0.0497. The predicted molar refractivity (Wildman–Crippen MR) is 90.6 cm³/mol. The molecule has 0 fully saturated rings. The number of carbonyl (C=O) groups is 1. The average molecular weight is 365 g/mol. The molecule has 2 N–H and O–H groups in total. The first-order valence-corrected chi connectivity index (χ1v) is 7.49. The Morgan fingerprint density at radius 3 is 2.64 bits per heavy atom. The topological polar surface area (TPSA) is 71.2 Å². The molecule has 0 radical (unpaired) electrons. The number of hydrogen-bond donors (Lipinski definition) is 2. The molecule has 1 amide bonds. The van der Waals surface area contributed by atoms with Gasteiger partial charge in [-0.3, -0.25) is 9.59 Å². The minimum atomic E-state index is -3.00. The van der Waals surface area contributed by atoms with Gasteiger partial charge in [0.15, 0.2) is 0 Å². The number of halogens is 3. The van der Waals surface area contributed by atoms with Crippen molar-refractivity contribution in [3.05, 3.63) is 69.6 Å². The zero-order valence-electron chi connectivity index (χ0n) is 12.6. The van der Waals surface area contributed by atoms with Crippen molar-refractivity contribution in [2.75, 3.05) is 5.32 Å². The van der Waals surface area contributed by atoms with Gasteiger partial charge in [-0.15, -0.1) is 0 Å². The fraction of sp³-hybridized carbons (Fsp3) is 0.0588. The summed E-state index contributed by atoms with van der Waals surface area (Å²) < 4.78 is 28.7. The second-order valence-electron chi connectivity index (χ2n) is 5.08. The standard InChI is InChI=1S/C17H11ClF2N2O3/c18-12-8-10(5-6-14(12)25-17(19)20)21-16(24)13-7-9-3-1-2-4-11(9)15(23)22-13/h1-8,17H,(H,21,24)(H,22,23). The van der Waals surface area contributed by atoms with Crippen LogP contribution in [-0.4, -0.2) is 17.5 Å². The SMILES string of the molecule is O=C(Nc1ccc(OC(F)F)c(Cl)c1)c1cc2ccccc2c(=O)[nH]1. The Bertz CT molecular complexity index is 1000. The maximum Gasteiger partial charge on any atom is 0.387 e. The number of fused-ring (bicyclic) bond motifs is 1. The molecular formula is C17H11ClF2N2O3. The van der Waals surface area contributed by atoms with E-state index < -0.39 is 12.5 Å². The molecule has 0 saturated carbocycles. The number of H-pyrrole nitrogens is 1. The zero-order chi connectivity index (χ0) is 18.0. The van der Waals surface area contributed by atoms with Crippen LogP contribution in [0, 0.1) is 0 Å². The largest absolute Gasteiger partial charge is 0.433 e. The molecule has 0 aliphatic heterocycles. The molecule has 3 aromatic rings. The summed E-state index contributed by atoms with van der Waals surface area (Å²) in [6, 6.07) is 12.2. The van der Waals surface area contributed by atoms with Crippen molar-refractivity contribution < 1.29 is 18.3 Å². The minimum Gasteiger partial charge on any atom is -0.433 e. The Morgan fingerprint density at radius 2 is 1.92 bits per heavy atom. The van der Waals surface area contributed by atoms with Crippen LogP contribution in [0.5, 0.6) is 5.75 Å². The van der Waals surface area contributed by atoms with Crippen molar-refractivity contribution in [1.29, 1.82) is 0 Å². The number of rotatable bonds is 4. The van der Waals surface area contributed by atoms with Crippen LogP contribution in [0.1, 0.15) is 10.5 Å². The number of amides is 1. The van der Waals surface area contributed by atoms with Crippen molar-refractivity contribution in [2.24, 2.45) is 0 Å². The van der Waals surface area contributed by atoms with Gasteiger partial charge in [-0.05, 0) is 35.7 Å². The summed E-state index contributed by atoms with van der Waals surface area (Å²) in [5, 5.41) is 3.54. The molecule has 3 rings (SSSR count). The second-order valence-corrected chi connectivity index (χ2v) is 5.48. The van der Waals surface area contributed by atoms with E-state index >= 15 is 0 Å². The van der Waals surface area contributed by atoms with E-state index in [1.807, 2.05) is 0 Å². The summed E-state index contributed by atoms with van der Waals surface area (Å²) >= 11 is 5.84. The van der Waals surface area contributed by atoms with Crippen molar-refractivity contribution >= 4 is 34.0 Å². The van der Waals surface area contributed by atoms with E-state index in [1.165, 1.54) is 18.2 Å². The van der Waals surface area contributed by atoms with Crippen molar-refractivity contribution in [3.63, 3.8) is 0 Å². The number of ether oxygens (including phenoxy) is 1. The number of aromatic nitrogens is 1. The van der Waals surface area contributed by atoms with Crippen LogP contribution in [0.3, 0.4) is 0 Å². The second kappa shape index (κ2) is 6.90. The summed E-state index contributed by atoms with van der Waals surface area (Å²) in [6.45, 7) is -3.00. The van der Waals surface area contributed by atoms with E-state index in [0.29, 0.717) is 10.8 Å². The zero-order valence-corrected chi connectivity index (χ0v) is 13.3. The molecule has 0 atom stereocenters. The third-order valence-electron chi connectivity index (χ3n) is 3.40. The Kier molecular flexibility index (Phi) is 4.67. The van der Waals surface area contributed by atoms with Crippen molar-refractivity contribution in [3.8, 4) is 5.75 Å². The summed E-state index contributed by atoms with van der Waals surface area (Å²) in [5.74, 6) is -0.768. The number of alkyl halides is 2. The predicted octanol–water partition coefficient (Wildman–Crippen LogP) is 4.04. The van der Waals surface area contributed by atoms with E-state index in [-0.39, 0.29) is 27.7 Å². The number of benzene rings is 2. The monoisotopic (exact) mass is 364 g/mol. The molecule has 25 heavy (non-hydrogen) atoms. The first-order chi connectivity index (χ1) is 11.9. The molecule has 0 saturated heterocycles. The van der Waals surface area contributed by atoms with E-state index in [2.05, 4.69) is 15.0 Å². The Hall–Kier alpha value is -2.93. The number of hydrogen-bond acceptors (Lipinski definition) is 3. The van der Waals surface area contributed by atoms with Crippen LogP contribution >= 0.6 is 11.6 Å². The minimum absolute atomic E-state index is 0.0627. The third kappa shape index (κ3) is 3.77. The van der Waals surface area contributed by atoms with Gasteiger partial charge in [0, 0.05) is 11.1 Å². The molecule has 2 aromatic carbocycles. The number of anilines is 1. The van der Waals surface area contributed by atoms with E-state index in [9.17, 15) is 18.4 Å². The van der Waals surface area contributed by atoms with Gasteiger partial charge in [-0.25, -0.2) is 0 Å². The highest BCUT2D eigenvalue weighted by atomic mass is 35.5. The highest BCUT2D eigenvalue weighted by Crippen LogP contribution is 2.29. The van der Waals surface area contributed by atoms with E-state index in [0.717, 1.165) is 0 Å². The molecule has 5 nitrogen and oxygen atoms in total.